The lowest BCUT2D eigenvalue weighted by Crippen LogP contribution is -2.25. The molecule has 0 aliphatic carbocycles. The second-order valence-electron chi connectivity index (χ2n) is 2.34. The summed E-state index contributed by atoms with van der Waals surface area (Å²) in [7, 11) is 1.54. The average Bonchev–Trinajstić information content (AvgIpc) is 2.43. The van der Waals surface area contributed by atoms with Gasteiger partial charge in [0.2, 0.25) is 0 Å². The molecule has 0 amide bonds. The van der Waals surface area contributed by atoms with Gasteiger partial charge in [-0.2, -0.15) is 5.26 Å². The highest BCUT2D eigenvalue weighted by Gasteiger charge is 2.25. The quantitative estimate of drug-likeness (QED) is 0.568. The molecule has 2 unspecified atom stereocenters. The predicted octanol–water partition coefficient (Wildman–Crippen LogP) is 0.704. The Hall–Kier alpha value is -0.590. The van der Waals surface area contributed by atoms with Crippen LogP contribution in [0, 0.1) is 11.3 Å². The fraction of sp³-hybridized carbons (Fsp3) is 0.857. The van der Waals surface area contributed by atoms with Gasteiger partial charge in [0, 0.05) is 13.7 Å². The molecule has 0 aromatic carbocycles. The predicted molar refractivity (Wildman–Crippen MR) is 35.4 cm³/mol. The van der Waals surface area contributed by atoms with Crippen LogP contribution in [0.5, 0.6) is 0 Å². The molecule has 2 atom stereocenters. The van der Waals surface area contributed by atoms with E-state index in [-0.39, 0.29) is 12.2 Å². The lowest BCUT2D eigenvalue weighted by atomic mass is 10.1. The highest BCUT2D eigenvalue weighted by atomic mass is 16.5. The Labute approximate surface area is 60.5 Å². The van der Waals surface area contributed by atoms with E-state index in [0.717, 1.165) is 19.4 Å². The molecule has 1 aliphatic heterocycles. The Kier molecular flexibility index (Phi) is 2.67. The van der Waals surface area contributed by atoms with E-state index in [4.69, 9.17) is 14.7 Å². The van der Waals surface area contributed by atoms with Gasteiger partial charge in [-0.15, -0.1) is 0 Å². The molecule has 56 valence electrons. The number of hydrogen-bond acceptors (Lipinski definition) is 3. The van der Waals surface area contributed by atoms with Gasteiger partial charge in [0.15, 0.2) is 6.10 Å². The van der Waals surface area contributed by atoms with Gasteiger partial charge in [-0.05, 0) is 12.8 Å². The second-order valence-corrected chi connectivity index (χ2v) is 2.34. The van der Waals surface area contributed by atoms with Crippen molar-refractivity contribution in [2.75, 3.05) is 13.7 Å². The molecule has 0 saturated carbocycles. The Morgan fingerprint density at radius 2 is 2.60 bits per heavy atom. The van der Waals surface area contributed by atoms with Crippen molar-refractivity contribution in [1.82, 2.24) is 0 Å². The van der Waals surface area contributed by atoms with Crippen molar-refractivity contribution in [3.8, 4) is 6.07 Å². The van der Waals surface area contributed by atoms with E-state index in [1.54, 1.807) is 0 Å². The van der Waals surface area contributed by atoms with Crippen molar-refractivity contribution in [3.05, 3.63) is 0 Å². The van der Waals surface area contributed by atoms with Crippen molar-refractivity contribution >= 4 is 0 Å². The lowest BCUT2D eigenvalue weighted by Gasteiger charge is -2.13. The first kappa shape index (κ1) is 7.52. The van der Waals surface area contributed by atoms with Crippen molar-refractivity contribution in [1.29, 1.82) is 5.26 Å². The number of nitrogens with zero attached hydrogens (tertiary/aromatic N) is 1. The number of methoxy groups -OCH3 is 1. The Morgan fingerprint density at radius 1 is 1.80 bits per heavy atom. The topological polar surface area (TPSA) is 42.2 Å². The van der Waals surface area contributed by atoms with Crippen LogP contribution in [0.3, 0.4) is 0 Å². The fourth-order valence-corrected chi connectivity index (χ4v) is 1.13. The Bertz CT molecular complexity index is 135. The molecular formula is C7H11NO2. The minimum atomic E-state index is -0.373. The summed E-state index contributed by atoms with van der Waals surface area (Å²) in [6.45, 7) is 0.770. The third-order valence-corrected chi connectivity index (χ3v) is 1.68. The van der Waals surface area contributed by atoms with Gasteiger partial charge >= 0.3 is 0 Å². The van der Waals surface area contributed by atoms with Gasteiger partial charge in [0.1, 0.15) is 0 Å². The summed E-state index contributed by atoms with van der Waals surface area (Å²) in [4.78, 5) is 0. The highest BCUT2D eigenvalue weighted by molar-refractivity contribution is 4.92. The fourth-order valence-electron chi connectivity index (χ4n) is 1.13. The van der Waals surface area contributed by atoms with Crippen molar-refractivity contribution in [3.63, 3.8) is 0 Å². The molecule has 0 aromatic heterocycles. The van der Waals surface area contributed by atoms with Gasteiger partial charge in [0.05, 0.1) is 12.2 Å². The normalized spacial score (nSPS) is 27.8. The molecule has 3 nitrogen and oxygen atoms in total. The first-order valence-electron chi connectivity index (χ1n) is 3.42. The van der Waals surface area contributed by atoms with E-state index in [1.807, 2.05) is 6.07 Å². The summed E-state index contributed by atoms with van der Waals surface area (Å²) >= 11 is 0. The lowest BCUT2D eigenvalue weighted by molar-refractivity contribution is 0.00217. The SMILES string of the molecule is COC(C#N)C1CCCO1. The molecule has 0 radical (unpaired) electrons. The summed E-state index contributed by atoms with van der Waals surface area (Å²) in [5, 5.41) is 8.53. The molecular weight excluding hydrogens is 130 g/mol. The van der Waals surface area contributed by atoms with E-state index in [0.29, 0.717) is 0 Å². The Balaban J connectivity index is 2.38. The van der Waals surface area contributed by atoms with Gasteiger partial charge in [-0.3, -0.25) is 0 Å². The minimum Gasteiger partial charge on any atom is -0.374 e. The van der Waals surface area contributed by atoms with Gasteiger partial charge in [-0.25, -0.2) is 0 Å². The molecule has 1 fully saturated rings. The first-order valence-corrected chi connectivity index (χ1v) is 3.42. The maximum Gasteiger partial charge on any atom is 0.169 e. The van der Waals surface area contributed by atoms with Crippen LogP contribution in [0.25, 0.3) is 0 Å². The molecule has 1 aliphatic rings. The van der Waals surface area contributed by atoms with Crippen LogP contribution in [0.2, 0.25) is 0 Å². The maximum atomic E-state index is 8.53. The summed E-state index contributed by atoms with van der Waals surface area (Å²) in [6, 6.07) is 2.05. The smallest absolute Gasteiger partial charge is 0.169 e. The van der Waals surface area contributed by atoms with Crippen molar-refractivity contribution in [2.24, 2.45) is 0 Å². The highest BCUT2D eigenvalue weighted by Crippen LogP contribution is 2.16. The molecule has 3 heteroatoms. The molecule has 0 bridgehead atoms. The third-order valence-electron chi connectivity index (χ3n) is 1.68. The van der Waals surface area contributed by atoms with Crippen LogP contribution in [-0.4, -0.2) is 25.9 Å². The van der Waals surface area contributed by atoms with Crippen LogP contribution in [-0.2, 0) is 9.47 Å². The van der Waals surface area contributed by atoms with Gasteiger partial charge in [0.25, 0.3) is 0 Å². The summed E-state index contributed by atoms with van der Waals surface area (Å²) in [5.41, 5.74) is 0. The molecule has 0 aromatic rings. The van der Waals surface area contributed by atoms with E-state index < -0.39 is 0 Å². The third kappa shape index (κ3) is 1.47. The molecule has 0 N–H and O–H groups in total. The zero-order valence-corrected chi connectivity index (χ0v) is 6.04. The number of hydrogen-bond donors (Lipinski definition) is 0. The molecule has 1 rings (SSSR count). The number of rotatable bonds is 2. The second kappa shape index (κ2) is 3.55. The standard InChI is InChI=1S/C7H11NO2/c1-9-7(5-8)6-3-2-4-10-6/h6-7H,2-4H2,1H3. The zero-order valence-electron chi connectivity index (χ0n) is 6.04. The molecule has 10 heavy (non-hydrogen) atoms. The largest absolute Gasteiger partial charge is 0.374 e. The zero-order chi connectivity index (χ0) is 7.40. The summed E-state index contributed by atoms with van der Waals surface area (Å²) < 4.78 is 10.1. The molecule has 1 heterocycles. The van der Waals surface area contributed by atoms with Crippen LogP contribution >= 0.6 is 0 Å². The molecule has 0 spiro atoms. The van der Waals surface area contributed by atoms with E-state index in [2.05, 4.69) is 0 Å². The first-order chi connectivity index (χ1) is 4.88. The number of nitriles is 1. The van der Waals surface area contributed by atoms with Gasteiger partial charge in [-0.1, -0.05) is 0 Å². The minimum absolute atomic E-state index is 0.00926. The van der Waals surface area contributed by atoms with Crippen LogP contribution in [0.4, 0.5) is 0 Å². The van der Waals surface area contributed by atoms with Crippen LogP contribution in [0.1, 0.15) is 12.8 Å². The average molecular weight is 141 g/mol. The van der Waals surface area contributed by atoms with E-state index in [9.17, 15) is 0 Å². The van der Waals surface area contributed by atoms with Crippen LogP contribution in [0.15, 0.2) is 0 Å². The monoisotopic (exact) mass is 141 g/mol. The Morgan fingerprint density at radius 3 is 3.00 bits per heavy atom. The van der Waals surface area contributed by atoms with Crippen molar-refractivity contribution in [2.45, 2.75) is 25.0 Å². The number of ether oxygens (including phenoxy) is 2. The van der Waals surface area contributed by atoms with Crippen LogP contribution < -0.4 is 0 Å². The van der Waals surface area contributed by atoms with E-state index in [1.165, 1.54) is 7.11 Å². The summed E-state index contributed by atoms with van der Waals surface area (Å²) in [5.74, 6) is 0. The maximum absolute atomic E-state index is 8.53. The van der Waals surface area contributed by atoms with Gasteiger partial charge < -0.3 is 9.47 Å². The van der Waals surface area contributed by atoms with Crippen molar-refractivity contribution < 1.29 is 9.47 Å². The summed E-state index contributed by atoms with van der Waals surface area (Å²) in [6.07, 6.45) is 1.63. The van der Waals surface area contributed by atoms with E-state index >= 15 is 0 Å². The molecule has 1 saturated heterocycles.